The fourth-order valence-electron chi connectivity index (χ4n) is 4.18. The SMILES string of the molecule is CCOc1ccc2[nH]c(=O)c([C@@H](c3nnnn3C(C)(C)C)[NH+]3CCCC3)cc2c1. The van der Waals surface area contributed by atoms with Crippen LogP contribution in [0.5, 0.6) is 5.75 Å². The van der Waals surface area contributed by atoms with E-state index in [1.54, 1.807) is 0 Å². The molecule has 154 valence electrons. The van der Waals surface area contributed by atoms with E-state index in [2.05, 4.69) is 41.3 Å². The van der Waals surface area contributed by atoms with Crippen LogP contribution in [0.2, 0.25) is 0 Å². The van der Waals surface area contributed by atoms with Crippen LogP contribution in [0.4, 0.5) is 0 Å². The van der Waals surface area contributed by atoms with Crippen molar-refractivity contribution in [1.29, 1.82) is 0 Å². The molecule has 3 heterocycles. The standard InChI is InChI=1S/C21H28N6O2/c1-5-29-15-8-9-17-14(12-15)13-16(20(28)22-17)18(26-10-6-7-11-26)19-23-24-25-27(19)21(2,3)4/h8-9,12-13,18H,5-7,10-11H2,1-4H3,(H,22,28)/p+1/t18-/m0/s1. The Balaban J connectivity index is 1.89. The van der Waals surface area contributed by atoms with Crippen LogP contribution >= 0.6 is 0 Å². The number of nitrogens with zero attached hydrogens (tertiary/aromatic N) is 4. The minimum atomic E-state index is -0.276. The van der Waals surface area contributed by atoms with Crippen molar-refractivity contribution in [2.24, 2.45) is 0 Å². The lowest BCUT2D eigenvalue weighted by atomic mass is 10.0. The average molecular weight is 398 g/mol. The first-order chi connectivity index (χ1) is 13.9. The molecular formula is C21H29N6O2+. The maximum absolute atomic E-state index is 13.1. The summed E-state index contributed by atoms with van der Waals surface area (Å²) >= 11 is 0. The first-order valence-electron chi connectivity index (χ1n) is 10.3. The minimum absolute atomic E-state index is 0.0884. The fourth-order valence-corrected chi connectivity index (χ4v) is 4.18. The first kappa shape index (κ1) is 19.6. The summed E-state index contributed by atoms with van der Waals surface area (Å²) in [6.45, 7) is 10.8. The number of aromatic nitrogens is 5. The van der Waals surface area contributed by atoms with Gasteiger partial charge in [0.1, 0.15) is 5.75 Å². The Kier molecular flexibility index (Phi) is 5.12. The second-order valence-corrected chi connectivity index (χ2v) is 8.65. The third-order valence-electron chi connectivity index (χ3n) is 5.51. The van der Waals surface area contributed by atoms with Crippen molar-refractivity contribution in [3.05, 3.63) is 46.0 Å². The molecule has 4 rings (SSSR count). The molecule has 1 aliphatic heterocycles. The third kappa shape index (κ3) is 3.76. The molecule has 8 nitrogen and oxygen atoms in total. The number of hydrogen-bond acceptors (Lipinski definition) is 5. The van der Waals surface area contributed by atoms with E-state index in [-0.39, 0.29) is 17.1 Å². The molecule has 0 amide bonds. The summed E-state index contributed by atoms with van der Waals surface area (Å²) in [4.78, 5) is 17.5. The van der Waals surface area contributed by atoms with E-state index in [9.17, 15) is 4.79 Å². The van der Waals surface area contributed by atoms with Crippen LogP contribution < -0.4 is 15.2 Å². The monoisotopic (exact) mass is 397 g/mol. The van der Waals surface area contributed by atoms with Gasteiger partial charge in [0, 0.05) is 23.7 Å². The van der Waals surface area contributed by atoms with Gasteiger partial charge in [0.25, 0.3) is 5.56 Å². The Hall–Kier alpha value is -2.74. The molecule has 0 aliphatic carbocycles. The number of tetrazole rings is 1. The van der Waals surface area contributed by atoms with E-state index in [1.807, 2.05) is 35.9 Å². The number of nitrogens with one attached hydrogen (secondary N) is 2. The predicted octanol–water partition coefficient (Wildman–Crippen LogP) is 1.44. The summed E-state index contributed by atoms with van der Waals surface area (Å²) in [5, 5.41) is 13.5. The Bertz CT molecular complexity index is 1060. The molecule has 1 saturated heterocycles. The number of hydrogen-bond donors (Lipinski definition) is 2. The van der Waals surface area contributed by atoms with Crippen molar-refractivity contribution in [2.45, 2.75) is 52.1 Å². The number of benzene rings is 1. The van der Waals surface area contributed by atoms with Crippen molar-refractivity contribution < 1.29 is 9.64 Å². The van der Waals surface area contributed by atoms with Crippen molar-refractivity contribution >= 4 is 10.9 Å². The van der Waals surface area contributed by atoms with E-state index in [1.165, 1.54) is 4.90 Å². The highest BCUT2D eigenvalue weighted by atomic mass is 16.5. The average Bonchev–Trinajstić information content (AvgIpc) is 3.35. The van der Waals surface area contributed by atoms with Gasteiger partial charge in [-0.05, 0) is 62.4 Å². The number of pyridine rings is 1. The summed E-state index contributed by atoms with van der Waals surface area (Å²) < 4.78 is 7.50. The van der Waals surface area contributed by atoms with Gasteiger partial charge in [0.15, 0.2) is 6.04 Å². The zero-order chi connectivity index (χ0) is 20.6. The van der Waals surface area contributed by atoms with Crippen molar-refractivity contribution in [3.63, 3.8) is 0 Å². The van der Waals surface area contributed by atoms with Crippen LogP contribution in [0.1, 0.15) is 58.0 Å². The van der Waals surface area contributed by atoms with E-state index in [4.69, 9.17) is 4.74 Å². The number of quaternary nitrogens is 1. The second-order valence-electron chi connectivity index (χ2n) is 8.65. The molecule has 8 heteroatoms. The lowest BCUT2D eigenvalue weighted by Crippen LogP contribution is -3.10. The maximum atomic E-state index is 13.1. The van der Waals surface area contributed by atoms with E-state index in [0.717, 1.165) is 48.4 Å². The molecule has 0 spiro atoms. The molecule has 1 atom stereocenters. The van der Waals surface area contributed by atoms with Crippen molar-refractivity contribution in [1.82, 2.24) is 25.2 Å². The summed E-state index contributed by atoms with van der Waals surface area (Å²) in [6.07, 6.45) is 2.28. The summed E-state index contributed by atoms with van der Waals surface area (Å²) in [6, 6.07) is 7.51. The number of ether oxygens (including phenoxy) is 1. The Morgan fingerprint density at radius 1 is 1.24 bits per heavy atom. The summed E-state index contributed by atoms with van der Waals surface area (Å²) in [5.41, 5.74) is 1.13. The second kappa shape index (κ2) is 7.59. The summed E-state index contributed by atoms with van der Waals surface area (Å²) in [5.74, 6) is 1.53. The van der Waals surface area contributed by atoms with Crippen LogP contribution in [0, 0.1) is 0 Å². The maximum Gasteiger partial charge on any atom is 0.258 e. The summed E-state index contributed by atoms with van der Waals surface area (Å²) in [7, 11) is 0. The fraction of sp³-hybridized carbons (Fsp3) is 0.524. The highest BCUT2D eigenvalue weighted by Gasteiger charge is 2.37. The minimum Gasteiger partial charge on any atom is -0.494 e. The lowest BCUT2D eigenvalue weighted by molar-refractivity contribution is -0.914. The van der Waals surface area contributed by atoms with Gasteiger partial charge >= 0.3 is 0 Å². The third-order valence-corrected chi connectivity index (χ3v) is 5.51. The molecule has 0 radical (unpaired) electrons. The van der Waals surface area contributed by atoms with E-state index < -0.39 is 0 Å². The molecule has 3 aromatic rings. The largest absolute Gasteiger partial charge is 0.494 e. The normalized spacial score (nSPS) is 16.4. The van der Waals surface area contributed by atoms with Gasteiger partial charge in [-0.25, -0.2) is 4.68 Å². The highest BCUT2D eigenvalue weighted by molar-refractivity contribution is 5.80. The number of likely N-dealkylation sites (tertiary alicyclic amines) is 1. The Morgan fingerprint density at radius 2 is 2.00 bits per heavy atom. The zero-order valence-corrected chi connectivity index (χ0v) is 17.5. The lowest BCUT2D eigenvalue weighted by Gasteiger charge is -2.27. The van der Waals surface area contributed by atoms with Crippen LogP contribution in [0.15, 0.2) is 29.1 Å². The molecule has 0 unspecified atom stereocenters. The molecule has 2 N–H and O–H groups in total. The Morgan fingerprint density at radius 3 is 2.69 bits per heavy atom. The molecule has 0 bridgehead atoms. The molecule has 1 fully saturated rings. The van der Waals surface area contributed by atoms with E-state index >= 15 is 0 Å². The molecule has 1 aliphatic rings. The smallest absolute Gasteiger partial charge is 0.258 e. The van der Waals surface area contributed by atoms with Crippen molar-refractivity contribution in [3.8, 4) is 5.75 Å². The van der Waals surface area contributed by atoms with Gasteiger partial charge < -0.3 is 14.6 Å². The van der Waals surface area contributed by atoms with Gasteiger partial charge in [-0.1, -0.05) is 0 Å². The Labute approximate surface area is 169 Å². The quantitative estimate of drug-likeness (QED) is 0.680. The topological polar surface area (TPSA) is 90.1 Å². The van der Waals surface area contributed by atoms with Crippen molar-refractivity contribution in [2.75, 3.05) is 19.7 Å². The molecule has 2 aromatic heterocycles. The van der Waals surface area contributed by atoms with Crippen LogP contribution in [-0.4, -0.2) is 44.9 Å². The molecular weight excluding hydrogens is 368 g/mol. The molecule has 1 aromatic carbocycles. The van der Waals surface area contributed by atoms with E-state index in [0.29, 0.717) is 12.2 Å². The number of rotatable bonds is 5. The van der Waals surface area contributed by atoms with Crippen LogP contribution in [0.3, 0.4) is 0 Å². The number of H-pyrrole nitrogens is 1. The zero-order valence-electron chi connectivity index (χ0n) is 17.5. The predicted molar refractivity (Wildman–Crippen MR) is 110 cm³/mol. The molecule has 0 saturated carbocycles. The first-order valence-corrected chi connectivity index (χ1v) is 10.3. The van der Waals surface area contributed by atoms with Crippen LogP contribution in [0.25, 0.3) is 10.9 Å². The van der Waals surface area contributed by atoms with Gasteiger partial charge in [-0.2, -0.15) is 0 Å². The van der Waals surface area contributed by atoms with Gasteiger partial charge in [-0.15, -0.1) is 5.10 Å². The van der Waals surface area contributed by atoms with Gasteiger partial charge in [0.2, 0.25) is 5.82 Å². The highest BCUT2D eigenvalue weighted by Crippen LogP contribution is 2.25. The van der Waals surface area contributed by atoms with Gasteiger partial charge in [-0.3, -0.25) is 4.79 Å². The number of aromatic amines is 1. The van der Waals surface area contributed by atoms with Gasteiger partial charge in [0.05, 0.1) is 30.8 Å². The molecule has 29 heavy (non-hydrogen) atoms. The number of fused-ring (bicyclic) bond motifs is 1. The van der Waals surface area contributed by atoms with Crippen LogP contribution in [-0.2, 0) is 5.54 Å².